The predicted octanol–water partition coefficient (Wildman–Crippen LogP) is 5.27. The second kappa shape index (κ2) is 8.70. The number of aliphatic imine (C=N–C) groups is 1. The molecule has 0 atom stereocenters. The summed E-state index contributed by atoms with van der Waals surface area (Å²) in [4.78, 5) is 9.44. The van der Waals surface area contributed by atoms with Crippen LogP contribution >= 0.6 is 0 Å². The molecule has 0 aliphatic carbocycles. The lowest BCUT2D eigenvalue weighted by atomic mass is 10.1. The Labute approximate surface area is 152 Å². The van der Waals surface area contributed by atoms with Crippen LogP contribution in [0.1, 0.15) is 38.7 Å². The van der Waals surface area contributed by atoms with E-state index in [1.165, 1.54) is 43.7 Å². The lowest BCUT2D eigenvalue weighted by Crippen LogP contribution is -2.29. The third-order valence-electron chi connectivity index (χ3n) is 4.96. The van der Waals surface area contributed by atoms with Crippen molar-refractivity contribution in [3.05, 3.63) is 54.1 Å². The summed E-state index contributed by atoms with van der Waals surface area (Å²) in [7, 11) is 0. The van der Waals surface area contributed by atoms with Crippen molar-refractivity contribution in [2.24, 2.45) is 4.99 Å². The Morgan fingerprint density at radius 2 is 1.52 bits per heavy atom. The van der Waals surface area contributed by atoms with E-state index >= 15 is 0 Å². The van der Waals surface area contributed by atoms with Gasteiger partial charge in [-0.15, -0.1) is 0 Å². The number of anilines is 2. The molecule has 1 aliphatic heterocycles. The molecule has 1 fully saturated rings. The molecule has 0 unspecified atom stereocenters. The molecule has 0 radical (unpaired) electrons. The van der Waals surface area contributed by atoms with Crippen molar-refractivity contribution < 1.29 is 0 Å². The number of piperidine rings is 1. The van der Waals surface area contributed by atoms with Gasteiger partial charge in [0.1, 0.15) is 0 Å². The minimum absolute atomic E-state index is 0.996. The highest BCUT2D eigenvalue weighted by Crippen LogP contribution is 2.21. The van der Waals surface area contributed by atoms with Crippen molar-refractivity contribution in [3.8, 4) is 0 Å². The summed E-state index contributed by atoms with van der Waals surface area (Å²) < 4.78 is 0. The van der Waals surface area contributed by atoms with E-state index in [-0.39, 0.29) is 0 Å². The molecule has 3 rings (SSSR count). The van der Waals surface area contributed by atoms with Crippen LogP contribution < -0.4 is 9.80 Å². The highest BCUT2D eigenvalue weighted by Gasteiger charge is 2.10. The first-order valence-electron chi connectivity index (χ1n) is 9.54. The number of rotatable bonds is 6. The molecule has 0 amide bonds. The molecule has 1 heterocycles. The van der Waals surface area contributed by atoms with Gasteiger partial charge >= 0.3 is 0 Å². The zero-order valence-electron chi connectivity index (χ0n) is 15.5. The summed E-state index contributed by atoms with van der Waals surface area (Å²) >= 11 is 0. The van der Waals surface area contributed by atoms with Crippen LogP contribution in [0.4, 0.5) is 17.1 Å². The maximum atomic E-state index is 4.61. The second-order valence-corrected chi connectivity index (χ2v) is 6.59. The predicted molar refractivity (Wildman–Crippen MR) is 110 cm³/mol. The third-order valence-corrected chi connectivity index (χ3v) is 4.96. The molecule has 0 spiro atoms. The SMILES string of the molecule is CCN(CC)c1ccc(N=Cc2ccc(N3CCCCC3)cc2)cc1. The molecular weight excluding hydrogens is 306 g/mol. The summed E-state index contributed by atoms with van der Waals surface area (Å²) in [5, 5.41) is 0. The highest BCUT2D eigenvalue weighted by atomic mass is 15.1. The quantitative estimate of drug-likeness (QED) is 0.669. The van der Waals surface area contributed by atoms with Crippen molar-refractivity contribution >= 4 is 23.3 Å². The number of hydrogen-bond acceptors (Lipinski definition) is 3. The number of benzene rings is 2. The molecule has 2 aromatic carbocycles. The first-order chi connectivity index (χ1) is 12.3. The zero-order chi connectivity index (χ0) is 17.5. The van der Waals surface area contributed by atoms with E-state index in [2.05, 4.69) is 77.2 Å². The minimum Gasteiger partial charge on any atom is -0.372 e. The standard InChI is InChI=1S/C22H29N3/c1-3-24(4-2)21-14-10-20(11-15-21)23-18-19-8-12-22(13-9-19)25-16-6-5-7-17-25/h8-15,18H,3-7,16-17H2,1-2H3. The molecule has 25 heavy (non-hydrogen) atoms. The normalized spacial score (nSPS) is 14.9. The second-order valence-electron chi connectivity index (χ2n) is 6.59. The van der Waals surface area contributed by atoms with Gasteiger partial charge in [0.15, 0.2) is 0 Å². The van der Waals surface area contributed by atoms with Gasteiger partial charge in [0, 0.05) is 43.8 Å². The lowest BCUT2D eigenvalue weighted by molar-refractivity contribution is 0.578. The highest BCUT2D eigenvalue weighted by molar-refractivity contribution is 5.82. The van der Waals surface area contributed by atoms with Gasteiger partial charge in [-0.25, -0.2) is 0 Å². The molecule has 0 saturated carbocycles. The van der Waals surface area contributed by atoms with E-state index in [1.54, 1.807) is 0 Å². The summed E-state index contributed by atoms with van der Waals surface area (Å²) in [6.45, 7) is 8.80. The molecule has 2 aromatic rings. The van der Waals surface area contributed by atoms with Crippen LogP contribution in [0.2, 0.25) is 0 Å². The van der Waals surface area contributed by atoms with Gasteiger partial charge in [0.05, 0.1) is 5.69 Å². The van der Waals surface area contributed by atoms with Crippen LogP contribution in [0.5, 0.6) is 0 Å². The monoisotopic (exact) mass is 335 g/mol. The van der Waals surface area contributed by atoms with Gasteiger partial charge in [-0.05, 0) is 75.1 Å². The lowest BCUT2D eigenvalue weighted by Gasteiger charge is -2.28. The van der Waals surface area contributed by atoms with Crippen molar-refractivity contribution in [3.63, 3.8) is 0 Å². The van der Waals surface area contributed by atoms with E-state index in [0.717, 1.165) is 24.3 Å². The fourth-order valence-corrected chi connectivity index (χ4v) is 3.41. The topological polar surface area (TPSA) is 18.8 Å². The van der Waals surface area contributed by atoms with Crippen LogP contribution in [0.25, 0.3) is 0 Å². The Kier molecular flexibility index (Phi) is 6.10. The van der Waals surface area contributed by atoms with Gasteiger partial charge in [-0.2, -0.15) is 0 Å². The molecule has 3 heteroatoms. The van der Waals surface area contributed by atoms with E-state index in [9.17, 15) is 0 Å². The minimum atomic E-state index is 0.996. The maximum absolute atomic E-state index is 4.61. The van der Waals surface area contributed by atoms with E-state index in [0.29, 0.717) is 0 Å². The Hall–Kier alpha value is -2.29. The average Bonchev–Trinajstić information content (AvgIpc) is 2.69. The molecule has 0 aromatic heterocycles. The Morgan fingerprint density at radius 3 is 2.12 bits per heavy atom. The largest absolute Gasteiger partial charge is 0.372 e. The van der Waals surface area contributed by atoms with Crippen molar-refractivity contribution in [2.75, 3.05) is 36.0 Å². The number of hydrogen-bond donors (Lipinski definition) is 0. The van der Waals surface area contributed by atoms with Gasteiger partial charge in [0.2, 0.25) is 0 Å². The van der Waals surface area contributed by atoms with E-state index < -0.39 is 0 Å². The van der Waals surface area contributed by atoms with Crippen molar-refractivity contribution in [1.29, 1.82) is 0 Å². The fourth-order valence-electron chi connectivity index (χ4n) is 3.41. The van der Waals surface area contributed by atoms with Crippen molar-refractivity contribution in [2.45, 2.75) is 33.1 Å². The van der Waals surface area contributed by atoms with Gasteiger partial charge in [0.25, 0.3) is 0 Å². The first kappa shape index (κ1) is 17.5. The maximum Gasteiger partial charge on any atom is 0.0631 e. The average molecular weight is 335 g/mol. The molecular formula is C22H29N3. The molecule has 1 aliphatic rings. The Balaban J connectivity index is 1.63. The summed E-state index contributed by atoms with van der Waals surface area (Å²) in [6, 6.07) is 17.2. The zero-order valence-corrected chi connectivity index (χ0v) is 15.5. The molecule has 1 saturated heterocycles. The third kappa shape index (κ3) is 4.62. The van der Waals surface area contributed by atoms with Crippen LogP contribution in [-0.4, -0.2) is 32.4 Å². The number of nitrogens with zero attached hydrogens (tertiary/aromatic N) is 3. The van der Waals surface area contributed by atoms with Crippen LogP contribution in [-0.2, 0) is 0 Å². The molecule has 0 bridgehead atoms. The van der Waals surface area contributed by atoms with Gasteiger partial charge in [-0.3, -0.25) is 4.99 Å². The Morgan fingerprint density at radius 1 is 0.880 bits per heavy atom. The summed E-state index contributed by atoms with van der Waals surface area (Å²) in [6.07, 6.45) is 5.94. The van der Waals surface area contributed by atoms with Crippen LogP contribution in [0, 0.1) is 0 Å². The van der Waals surface area contributed by atoms with E-state index in [1.807, 2.05) is 6.21 Å². The molecule has 3 nitrogen and oxygen atoms in total. The Bertz CT molecular complexity index is 663. The van der Waals surface area contributed by atoms with Gasteiger partial charge < -0.3 is 9.80 Å². The molecule has 0 N–H and O–H groups in total. The van der Waals surface area contributed by atoms with Crippen LogP contribution in [0.15, 0.2) is 53.5 Å². The first-order valence-corrected chi connectivity index (χ1v) is 9.54. The summed E-state index contributed by atoms with van der Waals surface area (Å²) in [5.74, 6) is 0. The van der Waals surface area contributed by atoms with Crippen molar-refractivity contribution in [1.82, 2.24) is 0 Å². The summed E-state index contributed by atoms with van der Waals surface area (Å²) in [5.41, 5.74) is 4.74. The molecule has 132 valence electrons. The van der Waals surface area contributed by atoms with Crippen LogP contribution in [0.3, 0.4) is 0 Å². The fraction of sp³-hybridized carbons (Fsp3) is 0.409. The van der Waals surface area contributed by atoms with E-state index in [4.69, 9.17) is 0 Å². The van der Waals surface area contributed by atoms with Gasteiger partial charge in [-0.1, -0.05) is 12.1 Å². The smallest absolute Gasteiger partial charge is 0.0631 e.